The van der Waals surface area contributed by atoms with E-state index in [1.807, 2.05) is 85.1 Å². The van der Waals surface area contributed by atoms with E-state index in [1.165, 1.54) is 5.56 Å². The van der Waals surface area contributed by atoms with Gasteiger partial charge < -0.3 is 28.6 Å². The molecule has 1 fully saturated rings. The number of ether oxygens (including phenoxy) is 3. The molecule has 0 aliphatic carbocycles. The molecule has 0 saturated carbocycles. The highest BCUT2D eigenvalue weighted by molar-refractivity contribution is 6.26. The highest BCUT2D eigenvalue weighted by Gasteiger charge is 2.35. The molecule has 1 aromatic heterocycles. The summed E-state index contributed by atoms with van der Waals surface area (Å²) in [7, 11) is 5.26. The van der Waals surface area contributed by atoms with Crippen LogP contribution in [-0.4, -0.2) is 84.1 Å². The van der Waals surface area contributed by atoms with Crippen molar-refractivity contribution in [3.8, 4) is 17.0 Å². The molecular weight excluding hydrogens is 642 g/mol. The molecule has 9 nitrogen and oxygen atoms in total. The van der Waals surface area contributed by atoms with Crippen molar-refractivity contribution in [2.45, 2.75) is 104 Å². The van der Waals surface area contributed by atoms with Crippen LogP contribution in [-0.2, 0) is 25.6 Å². The fourth-order valence-corrected chi connectivity index (χ4v) is 7.54. The third kappa shape index (κ3) is 8.25. The number of benzene rings is 2. The number of aromatic nitrogens is 1. The monoisotopic (exact) mass is 697 g/mol. The van der Waals surface area contributed by atoms with E-state index < -0.39 is 11.6 Å². The smallest absolute Gasteiger partial charge is 0.338 e. The summed E-state index contributed by atoms with van der Waals surface area (Å²) in [6.07, 6.45) is 7.29. The van der Waals surface area contributed by atoms with Crippen LogP contribution in [0.25, 0.3) is 28.2 Å². The first-order valence-electron chi connectivity index (χ1n) is 18.3. The summed E-state index contributed by atoms with van der Waals surface area (Å²) >= 11 is 0. The van der Waals surface area contributed by atoms with Gasteiger partial charge in [0.1, 0.15) is 16.9 Å². The Morgan fingerprint density at radius 1 is 1.00 bits per heavy atom. The van der Waals surface area contributed by atoms with E-state index in [2.05, 4.69) is 24.5 Å². The summed E-state index contributed by atoms with van der Waals surface area (Å²) in [6.45, 7) is 14.9. The van der Waals surface area contributed by atoms with Gasteiger partial charge in [-0.2, -0.15) is 0 Å². The van der Waals surface area contributed by atoms with Crippen molar-refractivity contribution in [1.82, 2.24) is 14.4 Å². The lowest BCUT2D eigenvalue weighted by Crippen LogP contribution is -2.49. The Labute approximate surface area is 303 Å². The van der Waals surface area contributed by atoms with Gasteiger partial charge in [-0.15, -0.1) is 0 Å². The number of esters is 1. The summed E-state index contributed by atoms with van der Waals surface area (Å²) in [6, 6.07) is 11.8. The minimum absolute atomic E-state index is 0.0985. The lowest BCUT2D eigenvalue weighted by atomic mass is 9.86. The number of ketones is 1. The van der Waals surface area contributed by atoms with E-state index >= 15 is 0 Å². The average Bonchev–Trinajstić information content (AvgIpc) is 3.27. The van der Waals surface area contributed by atoms with E-state index in [0.717, 1.165) is 53.4 Å². The number of carbonyl (C=O) groups excluding carboxylic acids is 3. The van der Waals surface area contributed by atoms with E-state index in [4.69, 9.17) is 14.2 Å². The molecule has 51 heavy (non-hydrogen) atoms. The fourth-order valence-electron chi connectivity index (χ4n) is 7.54. The molecule has 1 amide bonds. The summed E-state index contributed by atoms with van der Waals surface area (Å²) < 4.78 is 19.5. The predicted octanol–water partition coefficient (Wildman–Crippen LogP) is 8.00. The maximum absolute atomic E-state index is 14.9. The van der Waals surface area contributed by atoms with E-state index in [0.29, 0.717) is 30.0 Å². The topological polar surface area (TPSA) is 90.3 Å². The molecule has 0 radical (unpaired) electrons. The second-order valence-corrected chi connectivity index (χ2v) is 15.3. The van der Waals surface area contributed by atoms with Crippen LogP contribution in [0.1, 0.15) is 102 Å². The minimum atomic E-state index is -0.654. The van der Waals surface area contributed by atoms with Crippen LogP contribution >= 0.6 is 0 Å². The number of allylic oxidation sites excluding steroid dienone is 1. The number of hydrogen-bond donors (Lipinski definition) is 0. The molecule has 2 atom stereocenters. The summed E-state index contributed by atoms with van der Waals surface area (Å²) in [5, 5.41) is 1.05. The standard InChI is InChI=1S/C42H55N3O6/c1-11-13-28(14-12-2)37-34-17-15-29(41(48)51-42(5,6)7)21-36(34)45-24-31(19-30-20-32(49-10)16-18-33(30)38(37)45)39(46)35(25-43(8)9)40(47)44-22-26(3)50-27(4)23-44/h15-21,25-28H,11-14,22-24H2,1-10H3/b35-25+/t26-,27+. The second kappa shape index (κ2) is 15.5. The first-order chi connectivity index (χ1) is 24.1. The largest absolute Gasteiger partial charge is 0.497 e. The maximum Gasteiger partial charge on any atom is 0.338 e. The van der Waals surface area contributed by atoms with Crippen LogP contribution < -0.4 is 4.74 Å². The van der Waals surface area contributed by atoms with E-state index in [-0.39, 0.29) is 41.9 Å². The van der Waals surface area contributed by atoms with Gasteiger partial charge in [0.2, 0.25) is 0 Å². The van der Waals surface area contributed by atoms with Gasteiger partial charge in [0.15, 0.2) is 5.78 Å². The van der Waals surface area contributed by atoms with Gasteiger partial charge in [0.05, 0.1) is 37.1 Å². The number of methoxy groups -OCH3 is 1. The van der Waals surface area contributed by atoms with Crippen LogP contribution in [0, 0.1) is 0 Å². The first kappa shape index (κ1) is 37.9. The highest BCUT2D eigenvalue weighted by Crippen LogP contribution is 2.46. The molecule has 9 heteroatoms. The first-order valence-corrected chi connectivity index (χ1v) is 18.3. The van der Waals surface area contributed by atoms with Crippen LogP contribution in [0.2, 0.25) is 0 Å². The normalized spacial score (nSPS) is 17.8. The molecule has 3 heterocycles. The molecule has 274 valence electrons. The number of rotatable bonds is 11. The Bertz CT molecular complexity index is 1840. The molecule has 0 bridgehead atoms. The Morgan fingerprint density at radius 3 is 2.25 bits per heavy atom. The molecule has 3 aromatic rings. The molecule has 1 saturated heterocycles. The number of nitrogens with zero attached hydrogens (tertiary/aromatic N) is 3. The molecule has 0 spiro atoms. The molecule has 0 N–H and O–H groups in total. The number of carbonyl (C=O) groups is 3. The number of Topliss-reactive ketones (excluding diaryl/α,β-unsaturated/α-hetero) is 1. The number of morpholine rings is 1. The van der Waals surface area contributed by atoms with Crippen LogP contribution in [0.4, 0.5) is 0 Å². The molecular formula is C42H55N3O6. The second-order valence-electron chi connectivity index (χ2n) is 15.3. The Kier molecular flexibility index (Phi) is 11.5. The molecule has 2 aliphatic rings. The van der Waals surface area contributed by atoms with Crippen LogP contribution in [0.15, 0.2) is 53.7 Å². The van der Waals surface area contributed by atoms with Crippen molar-refractivity contribution in [1.29, 1.82) is 0 Å². The van der Waals surface area contributed by atoms with Crippen molar-refractivity contribution in [3.05, 3.63) is 70.4 Å². The Balaban J connectivity index is 1.76. The zero-order valence-electron chi connectivity index (χ0n) is 32.1. The maximum atomic E-state index is 14.9. The van der Waals surface area contributed by atoms with Crippen molar-refractivity contribution >= 4 is 34.6 Å². The van der Waals surface area contributed by atoms with Crippen molar-refractivity contribution in [2.75, 3.05) is 34.3 Å². The predicted molar refractivity (Wildman–Crippen MR) is 203 cm³/mol. The fraction of sp³-hybridized carbons (Fsp3) is 0.500. The zero-order chi connectivity index (χ0) is 37.2. The molecule has 2 aliphatic heterocycles. The third-order valence-electron chi connectivity index (χ3n) is 9.45. The average molecular weight is 698 g/mol. The lowest BCUT2D eigenvalue weighted by molar-refractivity contribution is -0.140. The number of amides is 1. The molecule has 2 aromatic carbocycles. The SMILES string of the molecule is CCCC(CCC)c1c2n(c3cc(C(=O)OC(C)(C)C)ccc13)CC(C(=O)/C(=C\N(C)C)C(=O)N1C[C@@H](C)O[C@@H](C)C1)=Cc1cc(OC)ccc1-2. The van der Waals surface area contributed by atoms with Crippen molar-refractivity contribution < 1.29 is 28.6 Å². The van der Waals surface area contributed by atoms with Crippen LogP contribution in [0.5, 0.6) is 5.75 Å². The van der Waals surface area contributed by atoms with E-state index in [1.54, 1.807) is 23.1 Å². The molecule has 0 unspecified atom stereocenters. The van der Waals surface area contributed by atoms with Gasteiger partial charge >= 0.3 is 5.97 Å². The van der Waals surface area contributed by atoms with Crippen molar-refractivity contribution in [2.24, 2.45) is 0 Å². The summed E-state index contributed by atoms with van der Waals surface area (Å²) in [5.74, 6) is -0.128. The Morgan fingerprint density at radius 2 is 1.67 bits per heavy atom. The van der Waals surface area contributed by atoms with Gasteiger partial charge in [-0.05, 0) is 101 Å². The Hall–Kier alpha value is -4.37. The highest BCUT2D eigenvalue weighted by atomic mass is 16.6. The van der Waals surface area contributed by atoms with E-state index in [9.17, 15) is 14.4 Å². The van der Waals surface area contributed by atoms with Gasteiger partial charge in [-0.3, -0.25) is 9.59 Å². The quantitative estimate of drug-likeness (QED) is 0.0868. The molecule has 5 rings (SSSR count). The van der Waals surface area contributed by atoms with Gasteiger partial charge in [-0.1, -0.05) is 32.8 Å². The number of hydrogen-bond acceptors (Lipinski definition) is 7. The van der Waals surface area contributed by atoms with Gasteiger partial charge in [0.25, 0.3) is 5.91 Å². The third-order valence-corrected chi connectivity index (χ3v) is 9.45. The number of fused-ring (bicyclic) bond motifs is 5. The van der Waals surface area contributed by atoms with Crippen LogP contribution in [0.3, 0.4) is 0 Å². The summed E-state index contributed by atoms with van der Waals surface area (Å²) in [4.78, 5) is 46.0. The van der Waals surface area contributed by atoms with Crippen molar-refractivity contribution in [3.63, 3.8) is 0 Å². The lowest BCUT2D eigenvalue weighted by Gasteiger charge is -2.35. The summed E-state index contributed by atoms with van der Waals surface area (Å²) in [5.41, 5.74) is 5.26. The minimum Gasteiger partial charge on any atom is -0.497 e. The zero-order valence-corrected chi connectivity index (χ0v) is 32.1. The van der Waals surface area contributed by atoms with Gasteiger partial charge in [-0.25, -0.2) is 4.79 Å². The van der Waals surface area contributed by atoms with Gasteiger partial charge in [0, 0.05) is 55.4 Å².